The number of Topliss-reactive ketones (excluding diaryl/α,β-unsaturated/α-hetero) is 1. The Balaban J connectivity index is 2.41. The van der Waals surface area contributed by atoms with E-state index < -0.39 is 254 Å². The molecule has 0 bridgehead atoms. The van der Waals surface area contributed by atoms with E-state index in [1.807, 2.05) is 0 Å². The number of nitrogens with zero attached hydrogens (tertiary/aromatic N) is 3. The van der Waals surface area contributed by atoms with Gasteiger partial charge in [-0.1, -0.05) is 41.5 Å². The largest absolute Gasteiger partial charge is 0.481 e. The van der Waals surface area contributed by atoms with Crippen molar-refractivity contribution in [2.45, 2.75) is 281 Å². The van der Waals surface area contributed by atoms with Gasteiger partial charge in [0, 0.05) is 38.9 Å². The van der Waals surface area contributed by atoms with E-state index in [1.165, 1.54) is 18.7 Å². The smallest absolute Gasteiger partial charge is 0.326 e. The summed E-state index contributed by atoms with van der Waals surface area (Å²) in [6.45, 7) is 12.1. The molecule has 0 aromatic heterocycles. The molecule has 0 saturated carbocycles. The third-order valence-electron chi connectivity index (χ3n) is 19.1. The lowest BCUT2D eigenvalue weighted by molar-refractivity contribution is -0.149. The fourth-order valence-electron chi connectivity index (χ4n) is 12.9. The number of hydrogen-bond donors (Lipinski definition) is 23. The molecule has 2 fully saturated rings. The Hall–Kier alpha value is -10.9. The summed E-state index contributed by atoms with van der Waals surface area (Å²) >= 11 is 1.23. The first kappa shape index (κ1) is 106. The molecule has 2 aliphatic heterocycles. The van der Waals surface area contributed by atoms with Crippen molar-refractivity contribution in [2.75, 3.05) is 38.2 Å². The zero-order valence-corrected chi connectivity index (χ0v) is 70.6. The summed E-state index contributed by atoms with van der Waals surface area (Å²) in [5, 5.41) is 90.8. The van der Waals surface area contributed by atoms with Crippen molar-refractivity contribution in [1.82, 2.24) is 73.6 Å². The van der Waals surface area contributed by atoms with Gasteiger partial charge >= 0.3 is 11.9 Å². The molecule has 682 valence electrons. The van der Waals surface area contributed by atoms with Gasteiger partial charge in [-0.15, -0.1) is 0 Å². The standard InChI is InChI=1S/C74H124N20O26S/c1-34(2)28-44(86-64(110)45(29-35(3)4)85-59(105)40(18-21-53(75)100)82-63(109)46(30-36(5)6)88-69(115)52(99)20-17-37(7)96)62(108)83-42(23-27-121-10)61(107)81-41(19-22-56(103)104)60(106)90-49(33-95)67(113)92-58(39(9)98)72(118)94-26-13-16-51(94)71(117)93-25-12-15-50(93)68(114)91-57(38(8)97)70(116)89-48(32-55(77)102)66(112)87-47(31-54(76)101)65(111)84-43(73(119)120)14-11-24-80-74(78)79/h34-36,38-52,57-58,95,97-99H,11-33H2,1-10H3,(H2,75,100)(H2,76,101)(H2,77,102)(H,81,107)(H,82,109)(H,83,108)(H,84,111)(H,85,105)(H,86,110)(H,87,112)(H,88,115)(H,89,116)(H,90,106)(H,91,114)(H,92,113)(H,103,104)(H,119,120)(H4,78,79,80). The number of amides is 17. The fraction of sp³-hybridized carbons (Fsp3) is 0.716. The maximum Gasteiger partial charge on any atom is 0.326 e. The van der Waals surface area contributed by atoms with Gasteiger partial charge in [0.15, 0.2) is 5.96 Å². The normalized spacial score (nSPS) is 17.5. The molecule has 0 spiro atoms. The van der Waals surface area contributed by atoms with Gasteiger partial charge < -0.3 is 138 Å². The highest BCUT2D eigenvalue weighted by Gasteiger charge is 2.47. The average molecular weight is 1740 g/mol. The van der Waals surface area contributed by atoms with Gasteiger partial charge in [-0.25, -0.2) is 4.79 Å². The Morgan fingerprint density at radius 1 is 0.421 bits per heavy atom. The number of aliphatic hydroxyl groups excluding tert-OH is 4. The third kappa shape index (κ3) is 38.1. The van der Waals surface area contributed by atoms with E-state index in [2.05, 4.69) is 68.8 Å². The van der Waals surface area contributed by atoms with E-state index >= 15 is 0 Å². The van der Waals surface area contributed by atoms with Crippen molar-refractivity contribution in [3.63, 3.8) is 0 Å². The second kappa shape index (κ2) is 53.0. The van der Waals surface area contributed by atoms with Gasteiger partial charge in [0.05, 0.1) is 31.7 Å². The predicted octanol–water partition coefficient (Wildman–Crippen LogP) is -8.82. The molecule has 47 heteroatoms. The van der Waals surface area contributed by atoms with Crippen LogP contribution < -0.4 is 92.5 Å². The van der Waals surface area contributed by atoms with Crippen LogP contribution in [-0.4, -0.2) is 306 Å². The summed E-state index contributed by atoms with van der Waals surface area (Å²) in [7, 11) is 0. The molecule has 2 rings (SSSR count). The highest BCUT2D eigenvalue weighted by atomic mass is 32.2. The van der Waals surface area contributed by atoms with Gasteiger partial charge in [-0.2, -0.15) is 11.8 Å². The molecule has 0 aromatic rings. The maximum atomic E-state index is 14.6. The molecule has 17 atom stereocenters. The lowest BCUT2D eigenvalue weighted by atomic mass is 9.99. The summed E-state index contributed by atoms with van der Waals surface area (Å²) in [5.41, 5.74) is 26.7. The first-order valence-corrected chi connectivity index (χ1v) is 41.2. The number of aliphatic imine (C=N–C) groups is 1. The molecule has 121 heavy (non-hydrogen) atoms. The van der Waals surface area contributed by atoms with Gasteiger partial charge in [0.2, 0.25) is 100 Å². The molecule has 17 unspecified atom stereocenters. The fourth-order valence-corrected chi connectivity index (χ4v) is 13.4. The number of nitrogens with two attached hydrogens (primary N) is 5. The number of aliphatic hydroxyl groups is 4. The molecule has 0 radical (unpaired) electrons. The number of thioether (sulfide) groups is 1. The number of carboxylic acids is 2. The number of carbonyl (C=O) groups is 20. The van der Waals surface area contributed by atoms with Crippen LogP contribution in [0.5, 0.6) is 0 Å². The van der Waals surface area contributed by atoms with Crippen LogP contribution in [0.1, 0.15) is 178 Å². The minimum Gasteiger partial charge on any atom is -0.481 e. The van der Waals surface area contributed by atoms with Crippen LogP contribution in [0.3, 0.4) is 0 Å². The van der Waals surface area contributed by atoms with Crippen LogP contribution in [-0.2, 0) is 95.9 Å². The van der Waals surface area contributed by atoms with E-state index in [0.717, 1.165) is 23.6 Å². The van der Waals surface area contributed by atoms with Gasteiger partial charge in [-0.05, 0) is 134 Å². The SMILES string of the molecule is CSCCC(NC(=O)C(CC(C)C)NC(=O)C(CC(C)C)NC(=O)C(CCC(N)=O)NC(=O)C(CC(C)C)NC(=O)C(O)CCC(C)=O)C(=O)NC(CCC(=O)O)C(=O)NC(CO)C(=O)NC(C(=O)N1CCCC1C(=O)N1CCCC1C(=O)NC(C(=O)NC(CC(N)=O)C(=O)NC(CC(N)=O)C(=O)NC(CCCN=C(N)N)C(=O)O)C(C)O)C(C)O. The molecule has 2 saturated heterocycles. The van der Waals surface area contributed by atoms with Crippen LogP contribution in [0.2, 0.25) is 0 Å². The van der Waals surface area contributed by atoms with Crippen LogP contribution in [0.15, 0.2) is 4.99 Å². The minimum atomic E-state index is -2.02. The number of ketones is 1. The van der Waals surface area contributed by atoms with Crippen LogP contribution in [0, 0.1) is 17.8 Å². The Morgan fingerprint density at radius 3 is 1.22 bits per heavy atom. The van der Waals surface area contributed by atoms with Crippen LogP contribution in [0.25, 0.3) is 0 Å². The highest BCUT2D eigenvalue weighted by Crippen LogP contribution is 2.27. The molecular weight excluding hydrogens is 1620 g/mol. The van der Waals surface area contributed by atoms with E-state index in [4.69, 9.17) is 28.7 Å². The van der Waals surface area contributed by atoms with E-state index in [0.29, 0.717) is 0 Å². The Morgan fingerprint density at radius 2 is 0.810 bits per heavy atom. The zero-order valence-electron chi connectivity index (χ0n) is 69.8. The van der Waals surface area contributed by atoms with E-state index in [1.54, 1.807) is 47.8 Å². The number of likely N-dealkylation sites (tertiary alicyclic amines) is 2. The van der Waals surface area contributed by atoms with Crippen molar-refractivity contribution in [2.24, 2.45) is 51.4 Å². The summed E-state index contributed by atoms with van der Waals surface area (Å²) in [6, 6.07) is -23.4. The average Bonchev–Trinajstić information content (AvgIpc) is 1.67. The maximum absolute atomic E-state index is 14.6. The summed E-state index contributed by atoms with van der Waals surface area (Å²) in [6.07, 6.45) is -8.47. The van der Waals surface area contributed by atoms with E-state index in [-0.39, 0.29) is 138 Å². The zero-order chi connectivity index (χ0) is 92.0. The summed E-state index contributed by atoms with van der Waals surface area (Å²) < 4.78 is 0. The summed E-state index contributed by atoms with van der Waals surface area (Å²) in [5.74, 6) is -22.8. The quantitative estimate of drug-likeness (QED) is 0.0153. The number of rotatable bonds is 56. The van der Waals surface area contributed by atoms with Crippen LogP contribution in [0.4, 0.5) is 0 Å². The van der Waals surface area contributed by atoms with Gasteiger partial charge in [0.25, 0.3) is 0 Å². The second-order valence-corrected chi connectivity index (χ2v) is 32.1. The molecule has 28 N–H and O–H groups in total. The molecule has 2 heterocycles. The molecular formula is C74H124N20O26S. The first-order valence-electron chi connectivity index (χ1n) is 39.8. The number of carbonyl (C=O) groups excluding carboxylic acids is 18. The minimum absolute atomic E-state index is 0.00455. The van der Waals surface area contributed by atoms with Crippen molar-refractivity contribution in [3.05, 3.63) is 0 Å². The Kier molecular flexibility index (Phi) is 46.5. The molecule has 46 nitrogen and oxygen atoms in total. The number of guanidine groups is 1. The second-order valence-electron chi connectivity index (χ2n) is 31.1. The topological polar surface area (TPSA) is 756 Å². The van der Waals surface area contributed by atoms with Crippen molar-refractivity contribution >= 4 is 136 Å². The Labute approximate surface area is 703 Å². The number of aliphatic carboxylic acids is 2. The predicted molar refractivity (Wildman–Crippen MR) is 431 cm³/mol. The molecule has 17 amide bonds. The van der Waals surface area contributed by atoms with Gasteiger partial charge in [-0.3, -0.25) is 91.3 Å². The lowest BCUT2D eigenvalue weighted by Crippen LogP contribution is -2.63. The Bertz CT molecular complexity index is 3680. The van der Waals surface area contributed by atoms with Crippen LogP contribution >= 0.6 is 11.8 Å². The van der Waals surface area contributed by atoms with Crippen molar-refractivity contribution in [1.29, 1.82) is 0 Å². The summed E-state index contributed by atoms with van der Waals surface area (Å²) in [4.78, 5) is 275. The number of primary amides is 3. The number of carboxylic acid groups (broad SMARTS) is 2. The monoisotopic (exact) mass is 1740 g/mol. The molecule has 2 aliphatic rings. The molecule has 0 aliphatic carbocycles. The van der Waals surface area contributed by atoms with Crippen molar-refractivity contribution in [3.8, 4) is 0 Å². The molecule has 0 aromatic carbocycles. The van der Waals surface area contributed by atoms with Gasteiger partial charge in [0.1, 0.15) is 96.5 Å². The lowest BCUT2D eigenvalue weighted by Gasteiger charge is -2.34. The van der Waals surface area contributed by atoms with E-state index in [9.17, 15) is 127 Å². The number of hydrogen-bond acceptors (Lipinski definition) is 26. The first-order chi connectivity index (χ1) is 56.5. The number of nitrogens with one attached hydrogen (secondary N) is 12. The highest BCUT2D eigenvalue weighted by molar-refractivity contribution is 7.98. The van der Waals surface area contributed by atoms with Crippen molar-refractivity contribution < 1.29 is 127 Å². The third-order valence-corrected chi connectivity index (χ3v) is 19.8.